The Balaban J connectivity index is 1.35. The highest BCUT2D eigenvalue weighted by atomic mass is 35.5. The number of nitrogens with zero attached hydrogens (tertiary/aromatic N) is 4. The molecule has 0 saturated heterocycles. The van der Waals surface area contributed by atoms with Crippen LogP contribution in [0.1, 0.15) is 19.4 Å². The molecule has 3 aromatic carbocycles. The van der Waals surface area contributed by atoms with Crippen molar-refractivity contribution in [1.82, 2.24) is 20.2 Å². The Labute approximate surface area is 208 Å². The van der Waals surface area contributed by atoms with Crippen molar-refractivity contribution in [2.75, 3.05) is 5.75 Å². The van der Waals surface area contributed by atoms with Crippen LogP contribution in [0.5, 0.6) is 0 Å². The normalized spacial score (nSPS) is 11.4. The van der Waals surface area contributed by atoms with Gasteiger partial charge in [-0.15, -0.1) is 10.2 Å². The maximum Gasteiger partial charge on any atom is 0.250 e. The van der Waals surface area contributed by atoms with E-state index in [1.54, 1.807) is 0 Å². The van der Waals surface area contributed by atoms with Gasteiger partial charge in [-0.3, -0.25) is 4.79 Å². The number of halogens is 1. The summed E-state index contributed by atoms with van der Waals surface area (Å²) in [5, 5.41) is 14.2. The number of carbonyl (C=O) groups excluding carboxylic acids is 1. The molecule has 0 aliphatic rings. The molecule has 8 heteroatoms. The summed E-state index contributed by atoms with van der Waals surface area (Å²) >= 11 is 7.31. The number of hydrazone groups is 1. The monoisotopic (exact) mass is 489 g/mol. The Morgan fingerprint density at radius 2 is 1.59 bits per heavy atom. The van der Waals surface area contributed by atoms with Crippen molar-refractivity contribution in [3.8, 4) is 22.5 Å². The number of benzene rings is 3. The molecule has 0 aliphatic carbocycles. The Bertz CT molecular complexity index is 1290. The van der Waals surface area contributed by atoms with Crippen LogP contribution in [0.25, 0.3) is 22.5 Å². The third kappa shape index (κ3) is 5.73. The van der Waals surface area contributed by atoms with Gasteiger partial charge in [0.1, 0.15) is 0 Å². The van der Waals surface area contributed by atoms with Crippen molar-refractivity contribution in [3.63, 3.8) is 0 Å². The second-order valence-electron chi connectivity index (χ2n) is 7.52. The van der Waals surface area contributed by atoms with E-state index < -0.39 is 0 Å². The minimum atomic E-state index is -0.205. The van der Waals surface area contributed by atoms with Gasteiger partial charge in [0.25, 0.3) is 5.91 Å². The minimum absolute atomic E-state index is 0.183. The fraction of sp³-hybridized carbons (Fsp3) is 0.154. The van der Waals surface area contributed by atoms with Gasteiger partial charge < -0.3 is 4.57 Å². The van der Waals surface area contributed by atoms with Gasteiger partial charge in [-0.25, -0.2) is 5.43 Å². The first-order valence-corrected chi connectivity index (χ1v) is 12.2. The predicted molar refractivity (Wildman–Crippen MR) is 139 cm³/mol. The van der Waals surface area contributed by atoms with Crippen molar-refractivity contribution in [3.05, 3.63) is 89.4 Å². The summed E-state index contributed by atoms with van der Waals surface area (Å²) in [5.41, 5.74) is 7.54. The summed E-state index contributed by atoms with van der Waals surface area (Å²) < 4.78 is 1.98. The minimum Gasteiger partial charge on any atom is -0.302 e. The van der Waals surface area contributed by atoms with Crippen LogP contribution in [0, 0.1) is 0 Å². The third-order valence-corrected chi connectivity index (χ3v) is 6.44. The van der Waals surface area contributed by atoms with Gasteiger partial charge in [-0.2, -0.15) is 5.10 Å². The van der Waals surface area contributed by atoms with E-state index in [9.17, 15) is 4.79 Å². The lowest BCUT2D eigenvalue weighted by atomic mass is 10.0. The number of rotatable bonds is 8. The van der Waals surface area contributed by atoms with E-state index in [0.717, 1.165) is 33.8 Å². The average Bonchev–Trinajstić information content (AvgIpc) is 3.30. The zero-order valence-corrected chi connectivity index (χ0v) is 20.5. The molecule has 34 heavy (non-hydrogen) atoms. The number of hydrogen-bond acceptors (Lipinski definition) is 5. The molecular weight excluding hydrogens is 466 g/mol. The van der Waals surface area contributed by atoms with Gasteiger partial charge in [-0.05, 0) is 54.8 Å². The first kappa shape index (κ1) is 23.7. The summed E-state index contributed by atoms with van der Waals surface area (Å²) in [6.45, 7) is 4.58. The van der Waals surface area contributed by atoms with Gasteiger partial charge in [-0.1, -0.05) is 78.0 Å². The molecule has 0 fully saturated rings. The molecule has 1 amide bonds. The average molecular weight is 490 g/mol. The quantitative estimate of drug-likeness (QED) is 0.189. The number of hydrogen-bond donors (Lipinski definition) is 1. The smallest absolute Gasteiger partial charge is 0.250 e. The lowest BCUT2D eigenvalue weighted by Crippen LogP contribution is -2.21. The molecule has 0 radical (unpaired) electrons. The van der Waals surface area contributed by atoms with Gasteiger partial charge in [0.15, 0.2) is 11.0 Å². The van der Waals surface area contributed by atoms with Gasteiger partial charge in [0, 0.05) is 17.1 Å². The van der Waals surface area contributed by atoms with E-state index >= 15 is 0 Å². The molecule has 0 unspecified atom stereocenters. The molecule has 1 aromatic heterocycles. The molecule has 0 bridgehead atoms. The van der Waals surface area contributed by atoms with Crippen LogP contribution in [0.4, 0.5) is 0 Å². The van der Waals surface area contributed by atoms with Crippen LogP contribution in [-0.4, -0.2) is 32.1 Å². The second kappa shape index (κ2) is 11.1. The summed E-state index contributed by atoms with van der Waals surface area (Å²) in [5.74, 6) is 0.724. The number of aromatic nitrogens is 3. The molecule has 0 saturated carbocycles. The lowest BCUT2D eigenvalue weighted by Gasteiger charge is -2.07. The molecule has 1 N–H and O–H groups in total. The van der Waals surface area contributed by atoms with Crippen molar-refractivity contribution < 1.29 is 4.79 Å². The summed E-state index contributed by atoms with van der Waals surface area (Å²) in [7, 11) is 0. The van der Waals surface area contributed by atoms with E-state index in [0.29, 0.717) is 16.7 Å². The highest BCUT2D eigenvalue weighted by Crippen LogP contribution is 2.25. The van der Waals surface area contributed by atoms with Crippen LogP contribution < -0.4 is 5.43 Å². The Kier molecular flexibility index (Phi) is 7.77. The predicted octanol–water partition coefficient (Wildman–Crippen LogP) is 5.92. The van der Waals surface area contributed by atoms with Crippen LogP contribution in [0.15, 0.2) is 89.1 Å². The highest BCUT2D eigenvalue weighted by molar-refractivity contribution is 7.99. The van der Waals surface area contributed by atoms with E-state index in [4.69, 9.17) is 11.6 Å². The summed E-state index contributed by atoms with van der Waals surface area (Å²) in [6.07, 6.45) is 0. The van der Waals surface area contributed by atoms with E-state index in [2.05, 4.69) is 45.0 Å². The van der Waals surface area contributed by atoms with Crippen molar-refractivity contribution in [2.24, 2.45) is 5.10 Å². The SMILES string of the molecule is CCn1c(SCC(=O)N/N=C(\C)c2ccc(-c3ccccc3)cc2)nnc1-c1ccc(Cl)cc1. The standard InChI is InChI=1S/C26H24ClN5OS/c1-3-32-25(22-13-15-23(27)16-14-22)30-31-26(32)34-17-24(33)29-28-18(2)19-9-11-21(12-10-19)20-7-5-4-6-8-20/h4-16H,3,17H2,1-2H3,(H,29,33)/b28-18+. The van der Waals surface area contributed by atoms with Crippen LogP contribution >= 0.6 is 23.4 Å². The maximum atomic E-state index is 12.4. The van der Waals surface area contributed by atoms with E-state index in [1.807, 2.05) is 73.0 Å². The molecule has 6 nitrogen and oxygen atoms in total. The van der Waals surface area contributed by atoms with Crippen LogP contribution in [0.3, 0.4) is 0 Å². The summed E-state index contributed by atoms with van der Waals surface area (Å²) in [6, 6.07) is 25.8. The maximum absolute atomic E-state index is 12.4. The van der Waals surface area contributed by atoms with E-state index in [1.165, 1.54) is 11.8 Å². The molecule has 0 atom stereocenters. The zero-order chi connectivity index (χ0) is 23.9. The Morgan fingerprint density at radius 1 is 0.941 bits per heavy atom. The zero-order valence-electron chi connectivity index (χ0n) is 18.9. The molecule has 4 rings (SSSR count). The van der Waals surface area contributed by atoms with Crippen molar-refractivity contribution in [2.45, 2.75) is 25.5 Å². The molecule has 4 aromatic rings. The first-order valence-electron chi connectivity index (χ1n) is 10.9. The fourth-order valence-corrected chi connectivity index (χ4v) is 4.32. The van der Waals surface area contributed by atoms with Crippen molar-refractivity contribution in [1.29, 1.82) is 0 Å². The Morgan fingerprint density at radius 3 is 2.26 bits per heavy atom. The molecule has 172 valence electrons. The van der Waals surface area contributed by atoms with Crippen LogP contribution in [0.2, 0.25) is 5.02 Å². The number of carbonyl (C=O) groups is 1. The molecular formula is C26H24ClN5OS. The molecule has 0 spiro atoms. The second-order valence-corrected chi connectivity index (χ2v) is 8.90. The van der Waals surface area contributed by atoms with Gasteiger partial charge in [0.2, 0.25) is 0 Å². The third-order valence-electron chi connectivity index (χ3n) is 5.23. The molecule has 1 heterocycles. The number of amides is 1. The number of nitrogens with one attached hydrogen (secondary N) is 1. The van der Waals surface area contributed by atoms with E-state index in [-0.39, 0.29) is 11.7 Å². The van der Waals surface area contributed by atoms with Crippen molar-refractivity contribution >= 4 is 35.0 Å². The fourth-order valence-electron chi connectivity index (χ4n) is 3.40. The number of thioether (sulfide) groups is 1. The van der Waals surface area contributed by atoms with Gasteiger partial charge in [0.05, 0.1) is 11.5 Å². The van der Waals surface area contributed by atoms with Gasteiger partial charge >= 0.3 is 0 Å². The first-order chi connectivity index (χ1) is 16.5. The topological polar surface area (TPSA) is 72.2 Å². The highest BCUT2D eigenvalue weighted by Gasteiger charge is 2.14. The largest absolute Gasteiger partial charge is 0.302 e. The summed E-state index contributed by atoms with van der Waals surface area (Å²) in [4.78, 5) is 12.4. The molecule has 0 aliphatic heterocycles. The lowest BCUT2D eigenvalue weighted by molar-refractivity contribution is -0.118. The Hall–Kier alpha value is -3.42. The van der Waals surface area contributed by atoms with Crippen LogP contribution in [-0.2, 0) is 11.3 Å².